The van der Waals surface area contributed by atoms with E-state index in [2.05, 4.69) is 27.3 Å². The number of nitrogens with zero attached hydrogens (tertiary/aromatic N) is 2. The second kappa shape index (κ2) is 10.4. The first kappa shape index (κ1) is 25.0. The summed E-state index contributed by atoms with van der Waals surface area (Å²) in [6, 6.07) is 23.6. The van der Waals surface area contributed by atoms with Crippen LogP contribution < -0.4 is 25.2 Å². The van der Waals surface area contributed by atoms with Crippen LogP contribution in [0.1, 0.15) is 30.9 Å². The molecule has 0 aliphatic carbocycles. The van der Waals surface area contributed by atoms with Crippen LogP contribution in [0.5, 0.6) is 11.5 Å². The average Bonchev–Trinajstić information content (AvgIpc) is 2.96. The molecule has 2 N–H and O–H groups in total. The maximum absolute atomic E-state index is 13.7. The number of rotatable bonds is 6. The number of nitrogens with one attached hydrogen (secondary N) is 2. The molecule has 1 aromatic heterocycles. The van der Waals surface area contributed by atoms with E-state index in [1.165, 1.54) is 0 Å². The highest BCUT2D eigenvalue weighted by Crippen LogP contribution is 2.38. The summed E-state index contributed by atoms with van der Waals surface area (Å²) in [7, 11) is 0. The highest BCUT2D eigenvalue weighted by atomic mass is 16.6. The summed E-state index contributed by atoms with van der Waals surface area (Å²) in [6.07, 6.45) is 1.88. The number of benzene rings is 3. The number of fused-ring (bicyclic) bond motifs is 2. The lowest BCUT2D eigenvalue weighted by Gasteiger charge is -2.41. The van der Waals surface area contributed by atoms with E-state index in [4.69, 9.17) is 14.5 Å². The number of amides is 1. The van der Waals surface area contributed by atoms with Gasteiger partial charge in [-0.15, -0.1) is 0 Å². The minimum atomic E-state index is -0.551. The minimum Gasteiger partial charge on any atom is -0.486 e. The third-order valence-electron chi connectivity index (χ3n) is 7.74. The van der Waals surface area contributed by atoms with Crippen molar-refractivity contribution in [2.24, 2.45) is 5.41 Å². The van der Waals surface area contributed by atoms with E-state index in [0.717, 1.165) is 11.1 Å². The van der Waals surface area contributed by atoms with Gasteiger partial charge in [0, 0.05) is 25.7 Å². The smallest absolute Gasteiger partial charge is 0.260 e. The number of carbonyl (C=O) groups is 1. The Kier molecular flexibility index (Phi) is 6.69. The Morgan fingerprint density at radius 2 is 1.72 bits per heavy atom. The van der Waals surface area contributed by atoms with Crippen molar-refractivity contribution in [2.45, 2.75) is 38.8 Å². The van der Waals surface area contributed by atoms with Crippen LogP contribution in [0, 0.1) is 5.41 Å². The molecule has 1 saturated heterocycles. The molecule has 0 radical (unpaired) electrons. The molecule has 0 spiro atoms. The van der Waals surface area contributed by atoms with Crippen LogP contribution in [0.4, 0.5) is 5.95 Å². The lowest BCUT2D eigenvalue weighted by atomic mass is 9.73. The van der Waals surface area contributed by atoms with Gasteiger partial charge in [0.1, 0.15) is 12.7 Å². The molecule has 39 heavy (non-hydrogen) atoms. The number of hydrogen-bond donors (Lipinski definition) is 2. The fraction of sp³-hybridized carbons (Fsp3) is 0.323. The Labute approximate surface area is 227 Å². The van der Waals surface area contributed by atoms with Gasteiger partial charge in [0.05, 0.1) is 16.3 Å². The van der Waals surface area contributed by atoms with E-state index in [0.29, 0.717) is 73.9 Å². The van der Waals surface area contributed by atoms with E-state index >= 15 is 0 Å². The van der Waals surface area contributed by atoms with Crippen molar-refractivity contribution in [3.63, 3.8) is 0 Å². The number of H-pyrrole nitrogens is 1. The molecule has 1 unspecified atom stereocenters. The first-order valence-electron chi connectivity index (χ1n) is 13.5. The Balaban J connectivity index is 1.24. The molecule has 8 nitrogen and oxygen atoms in total. The van der Waals surface area contributed by atoms with Gasteiger partial charge in [0.25, 0.3) is 5.56 Å². The molecule has 3 aromatic carbocycles. The number of hydrogen-bond acceptors (Lipinski definition) is 6. The molecule has 0 saturated carbocycles. The highest BCUT2D eigenvalue weighted by Gasteiger charge is 2.41. The Hall–Kier alpha value is -4.33. The molecular weight excluding hydrogens is 492 g/mol. The van der Waals surface area contributed by atoms with E-state index in [1.807, 2.05) is 55.5 Å². The van der Waals surface area contributed by atoms with E-state index < -0.39 is 5.41 Å². The van der Waals surface area contributed by atoms with Gasteiger partial charge in [-0.2, -0.15) is 0 Å². The van der Waals surface area contributed by atoms with Crippen molar-refractivity contribution in [1.82, 2.24) is 15.3 Å². The van der Waals surface area contributed by atoms with Crippen LogP contribution in [0.25, 0.3) is 10.9 Å². The van der Waals surface area contributed by atoms with Crippen molar-refractivity contribution in [3.8, 4) is 11.5 Å². The molecule has 0 bridgehead atoms. The average molecular weight is 525 g/mol. The lowest BCUT2D eigenvalue weighted by molar-refractivity contribution is -0.132. The predicted octanol–water partition coefficient (Wildman–Crippen LogP) is 4.23. The van der Waals surface area contributed by atoms with E-state index in [9.17, 15) is 9.59 Å². The number of carbonyl (C=O) groups excluding carboxylic acids is 1. The van der Waals surface area contributed by atoms with Gasteiger partial charge in [-0.3, -0.25) is 14.6 Å². The van der Waals surface area contributed by atoms with Crippen LogP contribution in [-0.4, -0.2) is 41.7 Å². The Morgan fingerprint density at radius 3 is 2.44 bits per heavy atom. The Morgan fingerprint density at radius 1 is 1.03 bits per heavy atom. The van der Waals surface area contributed by atoms with Crippen LogP contribution in [0.2, 0.25) is 0 Å². The summed E-state index contributed by atoms with van der Waals surface area (Å²) in [6.45, 7) is 4.08. The van der Waals surface area contributed by atoms with Crippen LogP contribution in [0.3, 0.4) is 0 Å². The second-order valence-corrected chi connectivity index (χ2v) is 10.5. The van der Waals surface area contributed by atoms with Crippen molar-refractivity contribution in [3.05, 3.63) is 94.3 Å². The molecule has 6 rings (SSSR count). The van der Waals surface area contributed by atoms with Gasteiger partial charge >= 0.3 is 0 Å². The molecule has 8 heteroatoms. The first-order chi connectivity index (χ1) is 19.0. The van der Waals surface area contributed by atoms with Crippen LogP contribution in [0.15, 0.2) is 77.6 Å². The van der Waals surface area contributed by atoms with Gasteiger partial charge in [0.2, 0.25) is 11.9 Å². The standard InChI is InChI=1S/C31H32N4O4/c1-21-20-38-26-16-24-25(17-27(26)39-21)33-30(34-28(24)36)35-14-12-31(13-15-35,18-22-8-4-2-5-9-22)29(37)32-19-23-10-6-3-7-11-23/h2-11,16-17,21H,12-15,18-20H2,1H3,(H,32,37)(H,33,34,36). The number of aromatic amines is 1. The Bertz CT molecular complexity index is 1530. The number of anilines is 1. The molecule has 4 aromatic rings. The second-order valence-electron chi connectivity index (χ2n) is 10.5. The molecule has 1 amide bonds. The zero-order chi connectivity index (χ0) is 26.8. The fourth-order valence-electron chi connectivity index (χ4n) is 5.53. The van der Waals surface area contributed by atoms with Gasteiger partial charge in [0.15, 0.2) is 11.5 Å². The van der Waals surface area contributed by atoms with Crippen molar-refractivity contribution >= 4 is 22.8 Å². The third-order valence-corrected chi connectivity index (χ3v) is 7.74. The normalized spacial score (nSPS) is 18.1. The molecule has 200 valence electrons. The maximum Gasteiger partial charge on any atom is 0.260 e. The molecule has 2 aliphatic rings. The topological polar surface area (TPSA) is 96.6 Å². The minimum absolute atomic E-state index is 0.0627. The van der Waals surface area contributed by atoms with Crippen LogP contribution >= 0.6 is 0 Å². The lowest BCUT2D eigenvalue weighted by Crippen LogP contribution is -2.50. The van der Waals surface area contributed by atoms with E-state index in [1.54, 1.807) is 12.1 Å². The fourth-order valence-corrected chi connectivity index (χ4v) is 5.53. The summed E-state index contributed by atoms with van der Waals surface area (Å²) in [5.41, 5.74) is 2.00. The predicted molar refractivity (Wildman–Crippen MR) is 150 cm³/mol. The zero-order valence-electron chi connectivity index (χ0n) is 22.0. The van der Waals surface area contributed by atoms with Crippen molar-refractivity contribution < 1.29 is 14.3 Å². The van der Waals surface area contributed by atoms with Crippen LogP contribution in [-0.2, 0) is 17.8 Å². The molecule has 2 aliphatic heterocycles. The number of ether oxygens (including phenoxy) is 2. The summed E-state index contributed by atoms with van der Waals surface area (Å²) < 4.78 is 11.6. The third kappa shape index (κ3) is 5.19. The molecule has 1 atom stereocenters. The van der Waals surface area contributed by atoms with Gasteiger partial charge in [-0.1, -0.05) is 60.7 Å². The SMILES string of the molecule is CC1COc2cc3c(=O)[nH]c(N4CCC(Cc5ccccc5)(C(=O)NCc5ccccc5)CC4)nc3cc2O1. The number of piperidine rings is 1. The highest BCUT2D eigenvalue weighted by molar-refractivity contribution is 5.84. The van der Waals surface area contributed by atoms with Gasteiger partial charge in [-0.05, 0) is 43.4 Å². The quantitative estimate of drug-likeness (QED) is 0.392. The summed E-state index contributed by atoms with van der Waals surface area (Å²) in [4.78, 5) is 36.5. The molecule has 1 fully saturated rings. The summed E-state index contributed by atoms with van der Waals surface area (Å²) in [5.74, 6) is 1.73. The molecule has 3 heterocycles. The van der Waals surface area contributed by atoms with Gasteiger partial charge < -0.3 is 19.7 Å². The maximum atomic E-state index is 13.7. The first-order valence-corrected chi connectivity index (χ1v) is 13.5. The van der Waals surface area contributed by atoms with E-state index in [-0.39, 0.29) is 17.6 Å². The zero-order valence-corrected chi connectivity index (χ0v) is 22.0. The van der Waals surface area contributed by atoms with Crippen molar-refractivity contribution in [1.29, 1.82) is 0 Å². The summed E-state index contributed by atoms with van der Waals surface area (Å²) in [5, 5.41) is 3.66. The number of aromatic nitrogens is 2. The summed E-state index contributed by atoms with van der Waals surface area (Å²) >= 11 is 0. The van der Waals surface area contributed by atoms with Gasteiger partial charge in [-0.25, -0.2) is 4.98 Å². The van der Waals surface area contributed by atoms with Crippen molar-refractivity contribution in [2.75, 3.05) is 24.6 Å². The largest absolute Gasteiger partial charge is 0.486 e. The molecular formula is C31H32N4O4. The monoisotopic (exact) mass is 524 g/mol.